The van der Waals surface area contributed by atoms with Gasteiger partial charge in [0.25, 0.3) is 0 Å². The van der Waals surface area contributed by atoms with Crippen molar-refractivity contribution in [1.29, 1.82) is 5.41 Å². The van der Waals surface area contributed by atoms with Crippen molar-refractivity contribution in [2.75, 3.05) is 0 Å². The van der Waals surface area contributed by atoms with Crippen molar-refractivity contribution in [3.05, 3.63) is 35.5 Å². The second-order valence-electron chi connectivity index (χ2n) is 3.30. The number of allylic oxidation sites excluding steroid dienone is 6. The minimum atomic E-state index is 0.333. The van der Waals surface area contributed by atoms with Gasteiger partial charge in [-0.15, -0.1) is 0 Å². The molecule has 0 aromatic heterocycles. The molecule has 0 aromatic carbocycles. The first-order chi connectivity index (χ1) is 5.62. The maximum Gasteiger partial charge on any atom is 0.231 e. The second kappa shape index (κ2) is 2.92. The fraction of sp³-hybridized carbons (Fsp3) is 0.300. The van der Waals surface area contributed by atoms with E-state index in [0.717, 1.165) is 6.08 Å². The topological polar surface area (TPSA) is 40.9 Å². The van der Waals surface area contributed by atoms with Gasteiger partial charge in [-0.05, 0) is 11.1 Å². The molecule has 12 heavy (non-hydrogen) atoms. The SMILES string of the molecule is CC1(C)C2=CC=C1C=C2.N=C=O. The van der Waals surface area contributed by atoms with E-state index in [4.69, 9.17) is 10.2 Å². The zero-order chi connectivity index (χ0) is 9.19. The lowest BCUT2D eigenvalue weighted by molar-refractivity contribution is 0.563. The van der Waals surface area contributed by atoms with Crippen molar-refractivity contribution < 1.29 is 4.79 Å². The maximum absolute atomic E-state index is 8.35. The van der Waals surface area contributed by atoms with Gasteiger partial charge in [0.05, 0.1) is 0 Å². The number of rotatable bonds is 0. The minimum Gasteiger partial charge on any atom is -0.222 e. The average molecular weight is 161 g/mol. The van der Waals surface area contributed by atoms with Gasteiger partial charge in [-0.2, -0.15) is 0 Å². The van der Waals surface area contributed by atoms with E-state index in [-0.39, 0.29) is 0 Å². The first kappa shape index (κ1) is 8.69. The van der Waals surface area contributed by atoms with E-state index in [1.165, 1.54) is 11.1 Å². The monoisotopic (exact) mass is 161 g/mol. The molecule has 0 atom stereocenters. The molecule has 2 nitrogen and oxygen atoms in total. The van der Waals surface area contributed by atoms with Crippen molar-refractivity contribution in [2.45, 2.75) is 13.8 Å². The van der Waals surface area contributed by atoms with E-state index in [1.54, 1.807) is 0 Å². The summed E-state index contributed by atoms with van der Waals surface area (Å²) in [5.74, 6) is 0. The number of nitrogens with one attached hydrogen (secondary N) is 1. The fourth-order valence-electron chi connectivity index (χ4n) is 1.47. The van der Waals surface area contributed by atoms with Crippen LogP contribution in [0.2, 0.25) is 0 Å². The van der Waals surface area contributed by atoms with Crippen LogP contribution in [-0.4, -0.2) is 6.08 Å². The van der Waals surface area contributed by atoms with Crippen molar-refractivity contribution in [2.24, 2.45) is 5.41 Å². The third-order valence-electron chi connectivity index (χ3n) is 2.33. The minimum absolute atomic E-state index is 0.333. The summed E-state index contributed by atoms with van der Waals surface area (Å²) in [6.45, 7) is 4.52. The summed E-state index contributed by atoms with van der Waals surface area (Å²) in [5.41, 5.74) is 3.25. The predicted octanol–water partition coefficient (Wildman–Crippen LogP) is 2.35. The van der Waals surface area contributed by atoms with Gasteiger partial charge in [0.2, 0.25) is 6.08 Å². The Morgan fingerprint density at radius 1 is 1.25 bits per heavy atom. The van der Waals surface area contributed by atoms with Gasteiger partial charge < -0.3 is 0 Å². The Morgan fingerprint density at radius 2 is 1.58 bits per heavy atom. The van der Waals surface area contributed by atoms with Crippen LogP contribution in [-0.2, 0) is 4.79 Å². The molecule has 0 unspecified atom stereocenters. The Labute approximate surface area is 71.8 Å². The van der Waals surface area contributed by atoms with Crippen molar-refractivity contribution in [3.63, 3.8) is 0 Å². The molecular formula is C10H11NO. The van der Waals surface area contributed by atoms with Crippen LogP contribution >= 0.6 is 0 Å². The van der Waals surface area contributed by atoms with Gasteiger partial charge in [-0.3, -0.25) is 0 Å². The summed E-state index contributed by atoms with van der Waals surface area (Å²) in [6.07, 6.45) is 9.56. The predicted molar refractivity (Wildman–Crippen MR) is 47.5 cm³/mol. The molecule has 1 N–H and O–H groups in total. The van der Waals surface area contributed by atoms with E-state index in [9.17, 15) is 0 Å². The molecule has 0 radical (unpaired) electrons. The van der Waals surface area contributed by atoms with Gasteiger partial charge in [-0.1, -0.05) is 38.2 Å². The molecule has 0 saturated carbocycles. The van der Waals surface area contributed by atoms with E-state index >= 15 is 0 Å². The first-order valence-electron chi connectivity index (χ1n) is 3.78. The lowest BCUT2D eigenvalue weighted by Gasteiger charge is -2.17. The smallest absolute Gasteiger partial charge is 0.222 e. The van der Waals surface area contributed by atoms with E-state index in [1.807, 2.05) is 0 Å². The van der Waals surface area contributed by atoms with Crippen molar-refractivity contribution in [1.82, 2.24) is 0 Å². The Morgan fingerprint density at radius 3 is 1.67 bits per heavy atom. The molecule has 0 aliphatic heterocycles. The Hall–Kier alpha value is -1.40. The lowest BCUT2D eigenvalue weighted by atomic mass is 9.86. The third kappa shape index (κ3) is 1.17. The highest BCUT2D eigenvalue weighted by Gasteiger charge is 2.31. The van der Waals surface area contributed by atoms with Crippen molar-refractivity contribution in [3.8, 4) is 0 Å². The number of isocyanates is 1. The van der Waals surface area contributed by atoms with E-state index in [0.29, 0.717) is 5.41 Å². The van der Waals surface area contributed by atoms with Crippen LogP contribution in [0, 0.1) is 10.8 Å². The number of carbonyl (C=O) groups excluding carboxylic acids is 1. The van der Waals surface area contributed by atoms with Crippen LogP contribution in [0.25, 0.3) is 0 Å². The highest BCUT2D eigenvalue weighted by Crippen LogP contribution is 2.45. The third-order valence-corrected chi connectivity index (χ3v) is 2.33. The fourth-order valence-corrected chi connectivity index (χ4v) is 1.47. The second-order valence-corrected chi connectivity index (χ2v) is 3.30. The quantitative estimate of drug-likeness (QED) is 0.430. The van der Waals surface area contributed by atoms with Crippen LogP contribution < -0.4 is 0 Å². The van der Waals surface area contributed by atoms with Gasteiger partial charge in [0.1, 0.15) is 0 Å². The van der Waals surface area contributed by atoms with Gasteiger partial charge >= 0.3 is 0 Å². The summed E-state index contributed by atoms with van der Waals surface area (Å²) in [6, 6.07) is 0. The van der Waals surface area contributed by atoms with Crippen LogP contribution in [0.15, 0.2) is 35.5 Å². The van der Waals surface area contributed by atoms with Crippen LogP contribution in [0.5, 0.6) is 0 Å². The largest absolute Gasteiger partial charge is 0.231 e. The molecule has 0 saturated heterocycles. The summed E-state index contributed by atoms with van der Waals surface area (Å²) < 4.78 is 0. The van der Waals surface area contributed by atoms with Gasteiger partial charge in [0, 0.05) is 5.41 Å². The molecule has 2 aliphatic carbocycles. The first-order valence-corrected chi connectivity index (χ1v) is 3.78. The molecule has 0 spiro atoms. The zero-order valence-electron chi connectivity index (χ0n) is 7.22. The molecule has 2 bridgehead atoms. The number of fused-ring (bicyclic) bond motifs is 2. The number of hydrogen-bond acceptors (Lipinski definition) is 2. The molecule has 2 rings (SSSR count). The van der Waals surface area contributed by atoms with Crippen molar-refractivity contribution >= 4 is 6.08 Å². The van der Waals surface area contributed by atoms with Crippen LogP contribution in [0.4, 0.5) is 0 Å². The molecule has 0 fully saturated rings. The van der Waals surface area contributed by atoms with Gasteiger partial charge in [-0.25, -0.2) is 10.2 Å². The normalized spacial score (nSPS) is 20.5. The molecular weight excluding hydrogens is 150 g/mol. The average Bonchev–Trinajstić information content (AvgIpc) is 2.45. The van der Waals surface area contributed by atoms with E-state index in [2.05, 4.69) is 38.2 Å². The standard InChI is InChI=1S/C9H10.CHNO/c1-9(2)7-3-4-8(9)6-5-7;2-1-3/h3-6H,1-2H3;2H. The Bertz CT molecular complexity index is 289. The molecule has 2 aliphatic rings. The van der Waals surface area contributed by atoms with Gasteiger partial charge in [0.15, 0.2) is 0 Å². The molecule has 62 valence electrons. The maximum atomic E-state index is 8.35. The van der Waals surface area contributed by atoms with E-state index < -0.39 is 0 Å². The molecule has 0 aromatic rings. The van der Waals surface area contributed by atoms with Crippen LogP contribution in [0.1, 0.15) is 13.8 Å². The number of hydrogen-bond donors (Lipinski definition) is 1. The molecule has 0 amide bonds. The summed E-state index contributed by atoms with van der Waals surface area (Å²) >= 11 is 0. The summed E-state index contributed by atoms with van der Waals surface area (Å²) in [4.78, 5) is 8.35. The zero-order valence-corrected chi connectivity index (χ0v) is 7.22. The highest BCUT2D eigenvalue weighted by molar-refractivity contribution is 5.56. The Kier molecular flexibility index (Phi) is 2.11. The highest BCUT2D eigenvalue weighted by atomic mass is 16.1. The van der Waals surface area contributed by atoms with Crippen LogP contribution in [0.3, 0.4) is 0 Å². The Balaban J connectivity index is 0.000000213. The molecule has 2 heteroatoms. The summed E-state index contributed by atoms with van der Waals surface area (Å²) in [5, 5.41) is 5.40. The summed E-state index contributed by atoms with van der Waals surface area (Å²) in [7, 11) is 0. The molecule has 0 heterocycles. The lowest BCUT2D eigenvalue weighted by Crippen LogP contribution is -2.06.